The molecule has 19 heavy (non-hydrogen) atoms. The molecule has 0 saturated carbocycles. The predicted octanol–water partition coefficient (Wildman–Crippen LogP) is 2.24. The first-order chi connectivity index (χ1) is 9.15. The number of anilines is 1. The average molecular weight is 264 g/mol. The maximum absolute atomic E-state index is 11.0. The van der Waals surface area contributed by atoms with Gasteiger partial charge in [0.2, 0.25) is 12.6 Å². The van der Waals surface area contributed by atoms with Crippen LogP contribution in [-0.4, -0.2) is 27.5 Å². The summed E-state index contributed by atoms with van der Waals surface area (Å²) < 4.78 is 1.70. The maximum atomic E-state index is 11.0. The third-order valence-corrected chi connectivity index (χ3v) is 3.26. The van der Waals surface area contributed by atoms with E-state index in [2.05, 4.69) is 12.2 Å². The van der Waals surface area contributed by atoms with Crippen molar-refractivity contribution >= 4 is 17.7 Å². The second-order valence-corrected chi connectivity index (χ2v) is 4.59. The van der Waals surface area contributed by atoms with Crippen LogP contribution in [0, 0.1) is 10.1 Å². The van der Waals surface area contributed by atoms with Crippen molar-refractivity contribution in [2.24, 2.45) is 0 Å². The summed E-state index contributed by atoms with van der Waals surface area (Å²) in [6.07, 6.45) is 3.83. The molecule has 1 aliphatic rings. The first-order valence-corrected chi connectivity index (χ1v) is 6.46. The molecule has 1 unspecified atom stereocenters. The number of nitrogens with one attached hydrogen (secondary N) is 1. The minimum Gasteiger partial charge on any atom is -0.351 e. The fourth-order valence-electron chi connectivity index (χ4n) is 2.23. The summed E-state index contributed by atoms with van der Waals surface area (Å²) >= 11 is 0. The van der Waals surface area contributed by atoms with Crippen molar-refractivity contribution in [2.75, 3.05) is 11.9 Å². The zero-order valence-electron chi connectivity index (χ0n) is 10.9. The minimum absolute atomic E-state index is 0.0499. The lowest BCUT2D eigenvalue weighted by Gasteiger charge is -2.19. The number of nitro groups is 1. The predicted molar refractivity (Wildman–Crippen MR) is 72.4 cm³/mol. The lowest BCUT2D eigenvalue weighted by Crippen LogP contribution is -2.29. The lowest BCUT2D eigenvalue weighted by atomic mass is 10.1. The van der Waals surface area contributed by atoms with Gasteiger partial charge in [0, 0.05) is 6.07 Å². The van der Waals surface area contributed by atoms with Crippen LogP contribution in [0.15, 0.2) is 18.2 Å². The molecule has 0 radical (unpaired) electrons. The van der Waals surface area contributed by atoms with Gasteiger partial charge in [-0.15, -0.1) is 0 Å². The highest BCUT2D eigenvalue weighted by atomic mass is 16.6. The molecular formula is C13H18N3O3+. The second kappa shape index (κ2) is 5.79. The highest BCUT2D eigenvalue weighted by Crippen LogP contribution is 2.34. The van der Waals surface area contributed by atoms with Crippen molar-refractivity contribution in [3.05, 3.63) is 33.9 Å². The van der Waals surface area contributed by atoms with E-state index in [1.54, 1.807) is 23.0 Å². The third-order valence-electron chi connectivity index (χ3n) is 3.26. The van der Waals surface area contributed by atoms with E-state index in [0.29, 0.717) is 17.8 Å². The molecule has 0 saturated heterocycles. The van der Waals surface area contributed by atoms with Crippen LogP contribution >= 0.6 is 0 Å². The molecule has 1 atom stereocenters. The molecule has 1 heterocycles. The zero-order chi connectivity index (χ0) is 13.8. The highest BCUT2D eigenvalue weighted by Gasteiger charge is 2.33. The van der Waals surface area contributed by atoms with Crippen LogP contribution in [0.25, 0.3) is 0 Å². The molecule has 0 aromatic heterocycles. The van der Waals surface area contributed by atoms with Gasteiger partial charge < -0.3 is 5.11 Å². The van der Waals surface area contributed by atoms with Crippen molar-refractivity contribution < 1.29 is 14.6 Å². The fourth-order valence-corrected chi connectivity index (χ4v) is 2.23. The van der Waals surface area contributed by atoms with Crippen LogP contribution < -0.4 is 5.32 Å². The zero-order valence-corrected chi connectivity index (χ0v) is 10.9. The van der Waals surface area contributed by atoms with E-state index >= 15 is 0 Å². The Morgan fingerprint density at radius 1 is 1.47 bits per heavy atom. The van der Waals surface area contributed by atoms with Crippen molar-refractivity contribution in [3.63, 3.8) is 0 Å². The van der Waals surface area contributed by atoms with Gasteiger partial charge in [-0.05, 0) is 18.9 Å². The van der Waals surface area contributed by atoms with Gasteiger partial charge in [0.05, 0.1) is 11.5 Å². The molecule has 6 nitrogen and oxygen atoms in total. The van der Waals surface area contributed by atoms with Gasteiger partial charge in [0.1, 0.15) is 11.3 Å². The molecule has 1 aliphatic heterocycles. The van der Waals surface area contributed by atoms with Crippen LogP contribution in [0.2, 0.25) is 0 Å². The molecule has 1 aromatic carbocycles. The Kier molecular flexibility index (Phi) is 4.11. The van der Waals surface area contributed by atoms with E-state index in [0.717, 1.165) is 19.3 Å². The number of nitro benzene ring substituents is 1. The Morgan fingerprint density at radius 2 is 2.26 bits per heavy atom. The first kappa shape index (κ1) is 13.5. The number of aliphatic hydroxyl groups excluding tert-OH is 1. The van der Waals surface area contributed by atoms with Crippen molar-refractivity contribution in [1.29, 1.82) is 0 Å². The number of rotatable bonds is 5. The third kappa shape index (κ3) is 2.73. The maximum Gasteiger partial charge on any atom is 0.283 e. The molecule has 0 spiro atoms. The van der Waals surface area contributed by atoms with Crippen LogP contribution in [0.5, 0.6) is 0 Å². The number of benzene rings is 1. The van der Waals surface area contributed by atoms with E-state index < -0.39 is 11.2 Å². The highest BCUT2D eigenvalue weighted by molar-refractivity contribution is 5.78. The van der Waals surface area contributed by atoms with Crippen molar-refractivity contribution in [1.82, 2.24) is 0 Å². The number of hydrogen-bond donors (Lipinski definition) is 2. The summed E-state index contributed by atoms with van der Waals surface area (Å²) in [7, 11) is 0. The number of nitrogens with zero attached hydrogens (tertiary/aromatic N) is 2. The molecule has 6 heteroatoms. The van der Waals surface area contributed by atoms with Crippen LogP contribution in [0.3, 0.4) is 0 Å². The van der Waals surface area contributed by atoms with Gasteiger partial charge in [-0.1, -0.05) is 19.4 Å². The molecule has 2 rings (SSSR count). The normalized spacial score (nSPS) is 17.4. The average Bonchev–Trinajstić information content (AvgIpc) is 2.41. The number of aliphatic hydroxyl groups is 1. The Labute approximate surface area is 111 Å². The van der Waals surface area contributed by atoms with E-state index in [4.69, 9.17) is 0 Å². The number of hydrogen-bond acceptors (Lipinski definition) is 4. The Morgan fingerprint density at radius 3 is 2.95 bits per heavy atom. The minimum atomic E-state index is -0.963. The van der Waals surface area contributed by atoms with Gasteiger partial charge in [0.25, 0.3) is 5.69 Å². The van der Waals surface area contributed by atoms with Crippen LogP contribution in [-0.2, 0) is 0 Å². The van der Waals surface area contributed by atoms with E-state index in [1.807, 2.05) is 0 Å². The summed E-state index contributed by atoms with van der Waals surface area (Å²) in [5.41, 5.74) is 0.881. The molecule has 0 fully saturated rings. The summed E-state index contributed by atoms with van der Waals surface area (Å²) in [4.78, 5) is 10.6. The SMILES string of the molecule is CCCCC[N+]1=CNc2cccc([N+](=O)[O-])c2C1O. The Balaban J connectivity index is 2.25. The van der Waals surface area contributed by atoms with Gasteiger partial charge >= 0.3 is 0 Å². The Bertz CT molecular complexity index is 514. The van der Waals surface area contributed by atoms with Crippen LogP contribution in [0.1, 0.15) is 38.0 Å². The molecule has 102 valence electrons. The van der Waals surface area contributed by atoms with Gasteiger partial charge in [-0.3, -0.25) is 10.1 Å². The second-order valence-electron chi connectivity index (χ2n) is 4.59. The Hall–Kier alpha value is -1.95. The summed E-state index contributed by atoms with van der Waals surface area (Å²) in [5, 5.41) is 24.3. The van der Waals surface area contributed by atoms with E-state index in [1.165, 1.54) is 6.07 Å². The number of unbranched alkanes of at least 4 members (excludes halogenated alkanes) is 2. The largest absolute Gasteiger partial charge is 0.351 e. The quantitative estimate of drug-likeness (QED) is 0.370. The topological polar surface area (TPSA) is 78.4 Å². The van der Waals surface area contributed by atoms with Gasteiger partial charge in [-0.2, -0.15) is 0 Å². The van der Waals surface area contributed by atoms with Gasteiger partial charge in [-0.25, -0.2) is 9.89 Å². The summed E-state index contributed by atoms with van der Waals surface area (Å²) in [5.74, 6) is 0. The van der Waals surface area contributed by atoms with Crippen LogP contribution in [0.4, 0.5) is 11.4 Å². The molecule has 0 bridgehead atoms. The molecule has 2 N–H and O–H groups in total. The molecule has 0 amide bonds. The van der Waals surface area contributed by atoms with E-state index in [9.17, 15) is 15.2 Å². The van der Waals surface area contributed by atoms with E-state index in [-0.39, 0.29) is 5.69 Å². The molecule has 1 aromatic rings. The molecule has 0 aliphatic carbocycles. The molecular weight excluding hydrogens is 246 g/mol. The van der Waals surface area contributed by atoms with Crippen molar-refractivity contribution in [3.8, 4) is 0 Å². The lowest BCUT2D eigenvalue weighted by molar-refractivity contribution is -0.615. The summed E-state index contributed by atoms with van der Waals surface area (Å²) in [6, 6.07) is 4.75. The van der Waals surface area contributed by atoms with Crippen molar-refractivity contribution in [2.45, 2.75) is 32.4 Å². The fraction of sp³-hybridized carbons (Fsp3) is 0.462. The number of fused-ring (bicyclic) bond motifs is 1. The van der Waals surface area contributed by atoms with Gasteiger partial charge in [0.15, 0.2) is 0 Å². The monoisotopic (exact) mass is 264 g/mol. The summed E-state index contributed by atoms with van der Waals surface area (Å²) in [6.45, 7) is 2.78. The smallest absolute Gasteiger partial charge is 0.283 e. The first-order valence-electron chi connectivity index (χ1n) is 6.46. The standard InChI is InChI=1S/C13H17N3O3/c1-2-3-4-8-15-9-14-10-6-5-7-11(16(18)19)12(10)13(15)17/h5-7,9,13,17H,2-4,8H2,1H3/p+1.